The van der Waals surface area contributed by atoms with Crippen LogP contribution in [0.25, 0.3) is 0 Å². The number of piperidine rings is 1. The Kier molecular flexibility index (Phi) is 5.25. The van der Waals surface area contributed by atoms with E-state index in [9.17, 15) is 4.79 Å². The number of urea groups is 1. The lowest BCUT2D eigenvalue weighted by Gasteiger charge is -2.41. The van der Waals surface area contributed by atoms with E-state index in [0.29, 0.717) is 0 Å². The monoisotopic (exact) mass is 425 g/mol. The Morgan fingerprint density at radius 2 is 1.87 bits per heavy atom. The first-order valence-electron chi connectivity index (χ1n) is 13.1. The summed E-state index contributed by atoms with van der Waals surface area (Å²) < 4.78 is 0. The van der Waals surface area contributed by atoms with Crippen LogP contribution in [0.15, 0.2) is 24.3 Å². The topological polar surface area (TPSA) is 35.6 Å². The van der Waals surface area contributed by atoms with Gasteiger partial charge >= 0.3 is 6.03 Å². The maximum atomic E-state index is 12.8. The van der Waals surface area contributed by atoms with Crippen LogP contribution in [0.3, 0.4) is 0 Å². The first-order valence-corrected chi connectivity index (χ1v) is 13.1. The Hall–Kier alpha value is -1.55. The van der Waals surface area contributed by atoms with Gasteiger partial charge in [0.05, 0.1) is 6.04 Å². The van der Waals surface area contributed by atoms with E-state index in [1.54, 1.807) is 0 Å². The number of carbonyl (C=O) groups is 1. The Balaban J connectivity index is 0.00000130. The van der Waals surface area contributed by atoms with Crippen LogP contribution in [-0.4, -0.2) is 48.6 Å². The van der Waals surface area contributed by atoms with Gasteiger partial charge in [-0.15, -0.1) is 0 Å². The first kappa shape index (κ1) is 20.1. The van der Waals surface area contributed by atoms with E-state index in [1.165, 1.54) is 75.7 Å². The van der Waals surface area contributed by atoms with Crippen molar-refractivity contribution in [1.82, 2.24) is 15.1 Å². The molecular weight excluding hydrogens is 382 g/mol. The van der Waals surface area contributed by atoms with E-state index in [4.69, 9.17) is 0 Å². The van der Waals surface area contributed by atoms with Gasteiger partial charge in [0.2, 0.25) is 0 Å². The average Bonchev–Trinajstić information content (AvgIpc) is 3.59. The molecule has 1 aromatic carbocycles. The molecule has 2 saturated carbocycles. The van der Waals surface area contributed by atoms with E-state index < -0.39 is 0 Å². The number of fused-ring (bicyclic) bond motifs is 4. The summed E-state index contributed by atoms with van der Waals surface area (Å²) in [7, 11) is 0. The van der Waals surface area contributed by atoms with Crippen molar-refractivity contribution in [2.24, 2.45) is 17.8 Å². The fraction of sp³-hybridized carbons (Fsp3) is 0.741. The quantitative estimate of drug-likeness (QED) is 0.683. The lowest BCUT2D eigenvalue weighted by atomic mass is 9.73. The van der Waals surface area contributed by atoms with Gasteiger partial charge in [0.15, 0.2) is 0 Å². The van der Waals surface area contributed by atoms with Crippen molar-refractivity contribution in [3.8, 4) is 0 Å². The summed E-state index contributed by atoms with van der Waals surface area (Å²) in [5.41, 5.74) is 3.17. The van der Waals surface area contributed by atoms with E-state index in [-0.39, 0.29) is 20.3 Å². The summed E-state index contributed by atoms with van der Waals surface area (Å²) in [5.74, 6) is 3.15. The molecule has 1 N–H and O–H groups in total. The van der Waals surface area contributed by atoms with E-state index in [1.807, 2.05) is 4.90 Å². The molecule has 0 aromatic heterocycles. The van der Waals surface area contributed by atoms with Gasteiger partial charge in [-0.25, -0.2) is 4.79 Å². The van der Waals surface area contributed by atoms with Crippen molar-refractivity contribution in [2.45, 2.75) is 75.7 Å². The van der Waals surface area contributed by atoms with Gasteiger partial charge < -0.3 is 15.1 Å². The highest BCUT2D eigenvalue weighted by atomic mass is 16.2. The van der Waals surface area contributed by atoms with E-state index in [0.717, 1.165) is 50.1 Å². The number of carbonyl (C=O) groups excluding carboxylic acids is 1. The van der Waals surface area contributed by atoms with E-state index in [2.05, 4.69) is 34.5 Å². The normalized spacial score (nSPS) is 33.9. The third kappa shape index (κ3) is 3.69. The third-order valence-corrected chi connectivity index (χ3v) is 9.71. The number of likely N-dealkylation sites (tertiary alicyclic amines) is 2. The molecule has 4 nitrogen and oxygen atoms in total. The predicted octanol–water partition coefficient (Wildman–Crippen LogP) is 5.59. The zero-order valence-electron chi connectivity index (χ0n) is 19.0. The fourth-order valence-electron chi connectivity index (χ4n) is 7.94. The Morgan fingerprint density at radius 1 is 1.06 bits per heavy atom. The Bertz CT molecular complexity index is 819. The number of nitrogens with zero attached hydrogens (tertiary/aromatic N) is 2. The maximum Gasteiger partial charge on any atom is 0.317 e. The van der Waals surface area contributed by atoms with Crippen LogP contribution in [0.5, 0.6) is 0 Å². The van der Waals surface area contributed by atoms with Gasteiger partial charge in [-0.05, 0) is 106 Å². The highest BCUT2D eigenvalue weighted by Crippen LogP contribution is 2.52. The van der Waals surface area contributed by atoms with E-state index >= 15 is 0 Å². The molecule has 2 saturated heterocycles. The van der Waals surface area contributed by atoms with Crippen LogP contribution in [-0.2, 0) is 5.41 Å². The van der Waals surface area contributed by atoms with Crippen LogP contribution < -0.4 is 5.32 Å². The van der Waals surface area contributed by atoms with Gasteiger partial charge in [-0.3, -0.25) is 0 Å². The zero-order chi connectivity index (χ0) is 20.8. The number of benzene rings is 1. The molecule has 2 amide bonds. The molecule has 2 bridgehead atoms. The molecule has 3 aliphatic carbocycles. The van der Waals surface area contributed by atoms with Crippen LogP contribution in [0.2, 0.25) is 0 Å². The highest BCUT2D eigenvalue weighted by molar-refractivity contribution is 5.75. The predicted molar refractivity (Wildman–Crippen MR) is 128 cm³/mol. The molecule has 2 heterocycles. The average molecular weight is 426 g/mol. The van der Waals surface area contributed by atoms with Crippen molar-refractivity contribution in [3.63, 3.8) is 0 Å². The number of amides is 2. The number of nitrogens with one attached hydrogen (secondary N) is 1. The van der Waals surface area contributed by atoms with Crippen LogP contribution in [0.1, 0.15) is 84.2 Å². The van der Waals surface area contributed by atoms with Crippen molar-refractivity contribution >= 4 is 6.03 Å². The maximum absolute atomic E-state index is 12.8. The lowest BCUT2D eigenvalue weighted by Crippen LogP contribution is -2.43. The Labute approximate surface area is 190 Å². The molecule has 31 heavy (non-hydrogen) atoms. The second kappa shape index (κ2) is 8.10. The summed E-state index contributed by atoms with van der Waals surface area (Å²) in [4.78, 5) is 17.6. The van der Waals surface area contributed by atoms with Crippen molar-refractivity contribution in [2.75, 3.05) is 32.7 Å². The molecule has 0 radical (unpaired) electrons. The minimum absolute atomic E-state index is 0. The van der Waals surface area contributed by atoms with Gasteiger partial charge in [-0.1, -0.05) is 30.7 Å². The molecule has 172 valence electrons. The Morgan fingerprint density at radius 3 is 2.61 bits per heavy atom. The van der Waals surface area contributed by atoms with Crippen molar-refractivity contribution < 1.29 is 7.65 Å². The van der Waals surface area contributed by atoms with Gasteiger partial charge in [0, 0.05) is 21.4 Å². The van der Waals surface area contributed by atoms with Crippen LogP contribution in [0, 0.1) is 17.8 Å². The standard InChI is InChI=1S/C27H39N3O.2H2/c31-26(30-12-3-4-13-30)28-25-19-27(24-6-2-1-5-23(24)25)10-15-29(16-11-27)14-9-22-18-20-7-8-21(22)17-20;;/h1-2,5-6,20-22,25H,3-4,7-19H2,(H,28,31);2*1H/t20?,21-,22?,25+;;/m1../s1. The van der Waals surface area contributed by atoms with Gasteiger partial charge in [0.1, 0.15) is 0 Å². The summed E-state index contributed by atoms with van der Waals surface area (Å²) in [6.45, 7) is 5.59. The van der Waals surface area contributed by atoms with Gasteiger partial charge in [-0.2, -0.15) is 0 Å². The van der Waals surface area contributed by atoms with Crippen molar-refractivity contribution in [1.29, 1.82) is 0 Å². The van der Waals surface area contributed by atoms with Crippen LogP contribution in [0.4, 0.5) is 4.79 Å². The molecule has 5 aliphatic rings. The molecular formula is C27H43N3O. The fourth-order valence-corrected chi connectivity index (χ4v) is 7.94. The number of rotatable bonds is 4. The minimum Gasteiger partial charge on any atom is -0.331 e. The van der Waals surface area contributed by atoms with Crippen LogP contribution >= 0.6 is 0 Å². The summed E-state index contributed by atoms with van der Waals surface area (Å²) in [6, 6.07) is 9.30. The summed E-state index contributed by atoms with van der Waals surface area (Å²) in [6.07, 6.45) is 13.4. The van der Waals surface area contributed by atoms with Gasteiger partial charge in [0.25, 0.3) is 0 Å². The number of hydrogen-bond acceptors (Lipinski definition) is 2. The zero-order valence-corrected chi connectivity index (χ0v) is 19.0. The first-order chi connectivity index (χ1) is 15.2. The molecule has 4 fully saturated rings. The highest BCUT2D eigenvalue weighted by Gasteiger charge is 2.46. The smallest absolute Gasteiger partial charge is 0.317 e. The largest absolute Gasteiger partial charge is 0.331 e. The minimum atomic E-state index is 0. The molecule has 1 aromatic rings. The molecule has 4 atom stereocenters. The molecule has 4 heteroatoms. The lowest BCUT2D eigenvalue weighted by molar-refractivity contribution is 0.138. The number of hydrogen-bond donors (Lipinski definition) is 1. The second-order valence-electron chi connectivity index (χ2n) is 11.3. The SMILES string of the molecule is O=C(N[C@H]1CC2(CCN(CCC3CC4CC[C@@H]3C4)CC2)c2ccccc21)N1CCCC1.[HH].[HH]. The molecule has 2 aliphatic heterocycles. The molecule has 6 rings (SSSR count). The molecule has 2 unspecified atom stereocenters. The van der Waals surface area contributed by atoms with Crippen molar-refractivity contribution in [3.05, 3.63) is 35.4 Å². The summed E-state index contributed by atoms with van der Waals surface area (Å²) >= 11 is 0. The second-order valence-corrected chi connectivity index (χ2v) is 11.3. The third-order valence-electron chi connectivity index (χ3n) is 9.71. The summed E-state index contributed by atoms with van der Waals surface area (Å²) in [5, 5.41) is 3.41. The molecule has 1 spiro atoms.